The zero-order chi connectivity index (χ0) is 21.0. The lowest BCUT2D eigenvalue weighted by molar-refractivity contribution is -0.125. The van der Waals surface area contributed by atoms with Crippen LogP contribution >= 0.6 is 0 Å². The van der Waals surface area contributed by atoms with Crippen molar-refractivity contribution in [1.82, 2.24) is 10.2 Å². The Labute approximate surface area is 171 Å². The summed E-state index contributed by atoms with van der Waals surface area (Å²) in [4.78, 5) is 25.0. The maximum atomic E-state index is 12.4. The van der Waals surface area contributed by atoms with Crippen molar-refractivity contribution in [2.75, 3.05) is 37.6 Å². The van der Waals surface area contributed by atoms with E-state index >= 15 is 0 Å². The van der Waals surface area contributed by atoms with Gasteiger partial charge in [0.05, 0.1) is 23.9 Å². The van der Waals surface area contributed by atoms with Crippen LogP contribution in [0.15, 0.2) is 22.1 Å². The number of rotatable bonds is 6. The van der Waals surface area contributed by atoms with Gasteiger partial charge in [-0.05, 0) is 38.1 Å². The average molecular weight is 396 g/mol. The largest absolute Gasteiger partial charge is 0.390 e. The number of β-amino-alcohol motifs (C(OH)–C–C–N with tert-alkyl or cyclic N) is 1. The van der Waals surface area contributed by atoms with Crippen LogP contribution in [0.1, 0.15) is 25.8 Å². The summed E-state index contributed by atoms with van der Waals surface area (Å²) >= 11 is 0. The van der Waals surface area contributed by atoms with Crippen LogP contribution in [-0.4, -0.2) is 73.7 Å². The van der Waals surface area contributed by atoms with Crippen LogP contribution in [0.4, 0.5) is 17.1 Å². The zero-order valence-corrected chi connectivity index (χ0v) is 17.0. The fourth-order valence-electron chi connectivity index (χ4n) is 4.13. The van der Waals surface area contributed by atoms with Gasteiger partial charge < -0.3 is 15.3 Å². The molecule has 2 aliphatic heterocycles. The second-order valence-electron chi connectivity index (χ2n) is 7.84. The number of hydrogen-bond acceptors (Lipinski definition) is 7. The highest BCUT2D eigenvalue weighted by atomic mass is 16.3. The Bertz CT molecular complexity index is 840. The topological polar surface area (TPSA) is 104 Å². The first-order valence-electron chi connectivity index (χ1n) is 9.92. The number of amides is 1. The lowest BCUT2D eigenvalue weighted by atomic mass is 9.94. The number of aliphatic imine (C=N–C) groups is 2. The van der Waals surface area contributed by atoms with Crippen LogP contribution in [-0.2, 0) is 4.79 Å². The average Bonchev–Trinajstić information content (AvgIpc) is 2.66. The van der Waals surface area contributed by atoms with E-state index in [1.54, 1.807) is 12.3 Å². The molecular formula is C21H28N6O2. The van der Waals surface area contributed by atoms with Gasteiger partial charge in [0.15, 0.2) is 0 Å². The molecule has 8 heteroatoms. The van der Waals surface area contributed by atoms with Gasteiger partial charge in [0.25, 0.3) is 0 Å². The highest BCUT2D eigenvalue weighted by Gasteiger charge is 2.30. The molecule has 0 saturated carbocycles. The van der Waals surface area contributed by atoms with E-state index in [0.29, 0.717) is 49.0 Å². The Hall–Kier alpha value is -2.76. The minimum Gasteiger partial charge on any atom is -0.390 e. The van der Waals surface area contributed by atoms with E-state index in [1.807, 2.05) is 17.9 Å². The van der Waals surface area contributed by atoms with Crippen LogP contribution < -0.4 is 10.2 Å². The number of piperidine rings is 1. The van der Waals surface area contributed by atoms with E-state index in [2.05, 4.69) is 39.9 Å². The summed E-state index contributed by atoms with van der Waals surface area (Å²) in [6, 6.07) is 5.81. The predicted molar refractivity (Wildman–Crippen MR) is 115 cm³/mol. The summed E-state index contributed by atoms with van der Waals surface area (Å²) < 4.78 is 0. The molecule has 2 heterocycles. The fraction of sp³-hybridized carbons (Fsp3) is 0.524. The summed E-state index contributed by atoms with van der Waals surface area (Å²) in [6.45, 7) is 10.5. The first-order valence-corrected chi connectivity index (χ1v) is 9.92. The van der Waals surface area contributed by atoms with Crippen molar-refractivity contribution in [3.63, 3.8) is 0 Å². The molecule has 0 aliphatic carbocycles. The molecule has 1 aromatic carbocycles. The van der Waals surface area contributed by atoms with Gasteiger partial charge in [-0.3, -0.25) is 19.7 Å². The van der Waals surface area contributed by atoms with Gasteiger partial charge in [-0.15, -0.1) is 0 Å². The van der Waals surface area contributed by atoms with Crippen LogP contribution in [0.25, 0.3) is 0 Å². The molecule has 2 saturated heterocycles. The van der Waals surface area contributed by atoms with Gasteiger partial charge in [0.1, 0.15) is 17.4 Å². The molecule has 8 nitrogen and oxygen atoms in total. The van der Waals surface area contributed by atoms with Gasteiger partial charge in [0, 0.05) is 38.4 Å². The van der Waals surface area contributed by atoms with Crippen LogP contribution in [0.3, 0.4) is 0 Å². The van der Waals surface area contributed by atoms with E-state index < -0.39 is 0 Å². The summed E-state index contributed by atoms with van der Waals surface area (Å²) in [5, 5.41) is 21.9. The molecule has 2 atom stereocenters. The molecule has 3 rings (SSSR count). The van der Waals surface area contributed by atoms with Crippen LogP contribution in [0.2, 0.25) is 0 Å². The van der Waals surface area contributed by atoms with Crippen molar-refractivity contribution in [3.8, 4) is 6.07 Å². The molecule has 29 heavy (non-hydrogen) atoms. The van der Waals surface area contributed by atoms with E-state index in [9.17, 15) is 15.2 Å². The van der Waals surface area contributed by atoms with Crippen molar-refractivity contribution in [3.05, 3.63) is 17.7 Å². The standard InChI is InChI=1S/C21H28N6O2/c1-4-24-21-18(6-5-15(8-22)20(21)23-3)27-9-14(2)7-16(10-27)25-19(29)13-26-11-17(28)12-26/h4-6,14,16-17,28H,3,7,9-13H2,1-2H3,(H,25,29)/t14-,16+/m0/s1. The molecule has 0 radical (unpaired) electrons. The minimum atomic E-state index is -0.311. The number of carbonyl (C=O) groups excluding carboxylic acids is 1. The van der Waals surface area contributed by atoms with Crippen molar-refractivity contribution in [2.24, 2.45) is 15.9 Å². The molecule has 2 aliphatic rings. The quantitative estimate of drug-likeness (QED) is 0.711. The van der Waals surface area contributed by atoms with Gasteiger partial charge in [-0.1, -0.05) is 6.92 Å². The van der Waals surface area contributed by atoms with Crippen molar-refractivity contribution >= 4 is 35.9 Å². The SMILES string of the molecule is C=Nc1c(C#N)ccc(N2C[C@@H](C)C[C@@H](NC(=O)CN3CC(O)C3)C2)c1N=CC. The number of aliphatic hydroxyl groups excluding tert-OH is 1. The highest BCUT2D eigenvalue weighted by Crippen LogP contribution is 2.41. The zero-order valence-electron chi connectivity index (χ0n) is 17.0. The number of benzene rings is 1. The second-order valence-corrected chi connectivity index (χ2v) is 7.84. The minimum absolute atomic E-state index is 0.0176. The lowest BCUT2D eigenvalue weighted by Crippen LogP contribution is -2.56. The first-order chi connectivity index (χ1) is 13.9. The normalized spacial score (nSPS) is 22.9. The molecule has 154 valence electrons. The number of carbonyl (C=O) groups is 1. The van der Waals surface area contributed by atoms with E-state index in [0.717, 1.165) is 18.7 Å². The third-order valence-corrected chi connectivity index (χ3v) is 5.34. The third-order valence-electron chi connectivity index (χ3n) is 5.34. The number of hydrogen-bond donors (Lipinski definition) is 2. The third kappa shape index (κ3) is 4.81. The summed E-state index contributed by atoms with van der Waals surface area (Å²) in [5.41, 5.74) is 2.45. The predicted octanol–water partition coefficient (Wildman–Crippen LogP) is 1.62. The molecule has 1 aromatic rings. The number of likely N-dealkylation sites (tertiary alicyclic amines) is 1. The summed E-state index contributed by atoms with van der Waals surface area (Å²) in [6.07, 6.45) is 2.28. The van der Waals surface area contributed by atoms with E-state index in [-0.39, 0.29) is 18.1 Å². The van der Waals surface area contributed by atoms with Gasteiger partial charge >= 0.3 is 0 Å². The van der Waals surface area contributed by atoms with Crippen molar-refractivity contribution in [1.29, 1.82) is 5.26 Å². The Morgan fingerprint density at radius 3 is 2.76 bits per heavy atom. The Morgan fingerprint density at radius 1 is 1.38 bits per heavy atom. The molecule has 2 N–H and O–H groups in total. The molecule has 0 bridgehead atoms. The molecule has 0 aromatic heterocycles. The first kappa shape index (κ1) is 21.0. The summed E-state index contributed by atoms with van der Waals surface area (Å²) in [5.74, 6) is 0.366. The Kier molecular flexibility index (Phi) is 6.62. The van der Waals surface area contributed by atoms with Gasteiger partial charge in [-0.2, -0.15) is 5.26 Å². The summed E-state index contributed by atoms with van der Waals surface area (Å²) in [7, 11) is 0. The fourth-order valence-corrected chi connectivity index (χ4v) is 4.13. The number of aliphatic hydroxyl groups is 1. The molecule has 2 fully saturated rings. The van der Waals surface area contributed by atoms with E-state index in [4.69, 9.17) is 0 Å². The molecular weight excluding hydrogens is 368 g/mol. The van der Waals surface area contributed by atoms with E-state index in [1.165, 1.54) is 0 Å². The number of anilines is 1. The number of nitriles is 1. The number of nitrogens with one attached hydrogen (secondary N) is 1. The number of nitrogens with zero attached hydrogens (tertiary/aromatic N) is 5. The van der Waals surface area contributed by atoms with Gasteiger partial charge in [0.2, 0.25) is 5.91 Å². The highest BCUT2D eigenvalue weighted by molar-refractivity contribution is 5.86. The van der Waals surface area contributed by atoms with Crippen LogP contribution in [0, 0.1) is 17.2 Å². The molecule has 0 spiro atoms. The maximum absolute atomic E-state index is 12.4. The Balaban J connectivity index is 1.77. The monoisotopic (exact) mass is 396 g/mol. The lowest BCUT2D eigenvalue weighted by Gasteiger charge is -2.40. The second kappa shape index (κ2) is 9.16. The van der Waals surface area contributed by atoms with Gasteiger partial charge in [-0.25, -0.2) is 0 Å². The molecule has 1 amide bonds. The van der Waals surface area contributed by atoms with Crippen molar-refractivity contribution in [2.45, 2.75) is 32.4 Å². The smallest absolute Gasteiger partial charge is 0.234 e. The van der Waals surface area contributed by atoms with Crippen LogP contribution in [0.5, 0.6) is 0 Å². The maximum Gasteiger partial charge on any atom is 0.234 e. The van der Waals surface area contributed by atoms with Crippen molar-refractivity contribution < 1.29 is 9.90 Å². The Morgan fingerprint density at radius 2 is 2.14 bits per heavy atom. The molecule has 0 unspecified atom stereocenters.